The van der Waals surface area contributed by atoms with Crippen LogP contribution in [0.3, 0.4) is 0 Å². The summed E-state index contributed by atoms with van der Waals surface area (Å²) in [5.41, 5.74) is 1.12. The molecule has 24 heavy (non-hydrogen) atoms. The number of nitrogens with zero attached hydrogens (tertiary/aromatic N) is 4. The standard InChI is InChI=1S/C16H29N5O2S/c1-4-16-17-11-14(12-18-16)13-21-10-6-5-7-15(21)8-9-19-24(22,23)20(2)3/h11-12,15,19H,4-10,13H2,1-3H3. The van der Waals surface area contributed by atoms with Gasteiger partial charge in [-0.15, -0.1) is 0 Å². The number of rotatable bonds is 8. The fourth-order valence-electron chi connectivity index (χ4n) is 2.96. The first kappa shape index (κ1) is 19.2. The highest BCUT2D eigenvalue weighted by Crippen LogP contribution is 2.21. The van der Waals surface area contributed by atoms with Crippen LogP contribution in [-0.2, 0) is 23.2 Å². The summed E-state index contributed by atoms with van der Waals surface area (Å²) < 4.78 is 27.4. The molecule has 1 saturated heterocycles. The molecule has 0 bridgehead atoms. The molecular weight excluding hydrogens is 326 g/mol. The van der Waals surface area contributed by atoms with Crippen molar-refractivity contribution in [1.29, 1.82) is 0 Å². The van der Waals surface area contributed by atoms with Gasteiger partial charge < -0.3 is 0 Å². The van der Waals surface area contributed by atoms with Gasteiger partial charge in [-0.05, 0) is 25.8 Å². The van der Waals surface area contributed by atoms with Crippen molar-refractivity contribution in [3.05, 3.63) is 23.8 Å². The minimum atomic E-state index is -3.34. The molecule has 1 unspecified atom stereocenters. The fourth-order valence-corrected chi connectivity index (χ4v) is 3.59. The molecule has 1 N–H and O–H groups in total. The number of aryl methyl sites for hydroxylation is 1. The number of likely N-dealkylation sites (tertiary alicyclic amines) is 1. The average molecular weight is 356 g/mol. The van der Waals surface area contributed by atoms with Gasteiger partial charge in [-0.1, -0.05) is 13.3 Å². The second kappa shape index (κ2) is 8.84. The lowest BCUT2D eigenvalue weighted by Gasteiger charge is -2.35. The molecule has 1 aromatic rings. The Balaban J connectivity index is 1.90. The predicted octanol–water partition coefficient (Wildman–Crippen LogP) is 1.18. The van der Waals surface area contributed by atoms with Crippen LogP contribution in [0.2, 0.25) is 0 Å². The van der Waals surface area contributed by atoms with E-state index >= 15 is 0 Å². The van der Waals surface area contributed by atoms with Gasteiger partial charge in [-0.3, -0.25) is 4.90 Å². The molecule has 0 aromatic carbocycles. The van der Waals surface area contributed by atoms with Gasteiger partial charge in [0.2, 0.25) is 0 Å². The van der Waals surface area contributed by atoms with Crippen molar-refractivity contribution < 1.29 is 8.42 Å². The van der Waals surface area contributed by atoms with E-state index < -0.39 is 10.2 Å². The minimum Gasteiger partial charge on any atom is -0.296 e. The molecule has 1 fully saturated rings. The summed E-state index contributed by atoms with van der Waals surface area (Å²) in [5.74, 6) is 0.868. The Labute approximate surface area is 145 Å². The molecule has 2 heterocycles. The molecule has 1 aliphatic heterocycles. The van der Waals surface area contributed by atoms with Gasteiger partial charge >= 0.3 is 0 Å². The Kier molecular flexibility index (Phi) is 7.09. The first-order valence-corrected chi connectivity index (χ1v) is 10.1. The number of nitrogens with one attached hydrogen (secondary N) is 1. The Hall–Kier alpha value is -1.09. The smallest absolute Gasteiger partial charge is 0.278 e. The summed E-state index contributed by atoms with van der Waals surface area (Å²) in [6.45, 7) is 4.38. The van der Waals surface area contributed by atoms with Crippen LogP contribution in [0, 0.1) is 0 Å². The minimum absolute atomic E-state index is 0.398. The van der Waals surface area contributed by atoms with Crippen LogP contribution in [0.1, 0.15) is 44.0 Å². The van der Waals surface area contributed by atoms with Gasteiger partial charge in [0.25, 0.3) is 10.2 Å². The maximum absolute atomic E-state index is 11.8. The van der Waals surface area contributed by atoms with Gasteiger partial charge in [0.05, 0.1) is 0 Å². The lowest BCUT2D eigenvalue weighted by atomic mass is 9.99. The van der Waals surface area contributed by atoms with Crippen molar-refractivity contribution in [3.8, 4) is 0 Å². The zero-order valence-corrected chi connectivity index (χ0v) is 15.7. The van der Waals surface area contributed by atoms with Crippen molar-refractivity contribution in [3.63, 3.8) is 0 Å². The Morgan fingerprint density at radius 3 is 2.62 bits per heavy atom. The zero-order chi connectivity index (χ0) is 17.6. The second-order valence-electron chi connectivity index (χ2n) is 6.45. The second-order valence-corrected chi connectivity index (χ2v) is 8.42. The quantitative estimate of drug-likeness (QED) is 0.758. The van der Waals surface area contributed by atoms with Crippen LogP contribution in [0.25, 0.3) is 0 Å². The average Bonchev–Trinajstić information content (AvgIpc) is 2.57. The SMILES string of the molecule is CCc1ncc(CN2CCCCC2CCNS(=O)(=O)N(C)C)cn1. The molecule has 8 heteroatoms. The van der Waals surface area contributed by atoms with E-state index in [4.69, 9.17) is 0 Å². The fraction of sp³-hybridized carbons (Fsp3) is 0.750. The third-order valence-electron chi connectivity index (χ3n) is 4.45. The Morgan fingerprint density at radius 2 is 2.00 bits per heavy atom. The van der Waals surface area contributed by atoms with Crippen molar-refractivity contribution in [1.82, 2.24) is 23.9 Å². The van der Waals surface area contributed by atoms with Crippen LogP contribution in [0.15, 0.2) is 12.4 Å². The van der Waals surface area contributed by atoms with Crippen LogP contribution >= 0.6 is 0 Å². The first-order valence-electron chi connectivity index (χ1n) is 8.63. The maximum Gasteiger partial charge on any atom is 0.278 e. The normalized spacial score (nSPS) is 19.8. The highest BCUT2D eigenvalue weighted by molar-refractivity contribution is 7.87. The summed E-state index contributed by atoms with van der Waals surface area (Å²) in [6, 6.07) is 0.398. The third kappa shape index (κ3) is 5.47. The summed E-state index contributed by atoms with van der Waals surface area (Å²) >= 11 is 0. The van der Waals surface area contributed by atoms with E-state index in [2.05, 4.69) is 19.6 Å². The first-order chi connectivity index (χ1) is 11.4. The van der Waals surface area contributed by atoms with E-state index in [-0.39, 0.29) is 0 Å². The molecule has 0 amide bonds. The largest absolute Gasteiger partial charge is 0.296 e. The van der Waals surface area contributed by atoms with Gasteiger partial charge in [-0.25, -0.2) is 14.7 Å². The van der Waals surface area contributed by atoms with Crippen LogP contribution in [0.4, 0.5) is 0 Å². The number of hydrogen-bond acceptors (Lipinski definition) is 5. The molecule has 2 rings (SSSR count). The van der Waals surface area contributed by atoms with E-state index in [9.17, 15) is 8.42 Å². The highest BCUT2D eigenvalue weighted by Gasteiger charge is 2.23. The number of aromatic nitrogens is 2. The Bertz CT molecular complexity index is 603. The number of piperidine rings is 1. The lowest BCUT2D eigenvalue weighted by Crippen LogP contribution is -2.42. The van der Waals surface area contributed by atoms with Gasteiger partial charge in [0, 0.05) is 57.6 Å². The van der Waals surface area contributed by atoms with Gasteiger partial charge in [0.1, 0.15) is 5.82 Å². The molecule has 0 spiro atoms. The Morgan fingerprint density at radius 1 is 1.29 bits per heavy atom. The van der Waals surface area contributed by atoms with Crippen molar-refractivity contribution >= 4 is 10.2 Å². The summed E-state index contributed by atoms with van der Waals surface area (Å²) in [6.07, 6.45) is 8.98. The van der Waals surface area contributed by atoms with Crippen LogP contribution in [0.5, 0.6) is 0 Å². The topological polar surface area (TPSA) is 78.4 Å². The molecule has 0 saturated carbocycles. The van der Waals surface area contributed by atoms with E-state index in [0.717, 1.165) is 43.7 Å². The van der Waals surface area contributed by atoms with Crippen molar-refractivity contribution in [2.24, 2.45) is 0 Å². The summed E-state index contributed by atoms with van der Waals surface area (Å²) in [4.78, 5) is 11.2. The van der Waals surface area contributed by atoms with E-state index in [1.165, 1.54) is 31.2 Å². The van der Waals surface area contributed by atoms with E-state index in [1.54, 1.807) is 0 Å². The lowest BCUT2D eigenvalue weighted by molar-refractivity contribution is 0.133. The molecule has 1 aliphatic rings. The maximum atomic E-state index is 11.8. The summed E-state index contributed by atoms with van der Waals surface area (Å²) in [5, 5.41) is 0. The van der Waals surface area contributed by atoms with E-state index in [0.29, 0.717) is 12.6 Å². The van der Waals surface area contributed by atoms with E-state index in [1.807, 2.05) is 19.3 Å². The molecule has 0 aliphatic carbocycles. The van der Waals surface area contributed by atoms with Gasteiger partial charge in [-0.2, -0.15) is 12.7 Å². The van der Waals surface area contributed by atoms with Crippen molar-refractivity contribution in [2.75, 3.05) is 27.2 Å². The molecule has 0 radical (unpaired) electrons. The zero-order valence-electron chi connectivity index (χ0n) is 14.9. The number of hydrogen-bond donors (Lipinski definition) is 1. The third-order valence-corrected chi connectivity index (χ3v) is 5.98. The highest BCUT2D eigenvalue weighted by atomic mass is 32.2. The molecule has 7 nitrogen and oxygen atoms in total. The van der Waals surface area contributed by atoms with Crippen LogP contribution in [-0.4, -0.2) is 60.8 Å². The molecule has 1 aromatic heterocycles. The van der Waals surface area contributed by atoms with Crippen LogP contribution < -0.4 is 4.72 Å². The predicted molar refractivity (Wildman–Crippen MR) is 94.7 cm³/mol. The molecule has 1 atom stereocenters. The van der Waals surface area contributed by atoms with Gasteiger partial charge in [0.15, 0.2) is 0 Å². The monoisotopic (exact) mass is 355 g/mol. The molecular formula is C16H29N5O2S. The van der Waals surface area contributed by atoms with Crippen molar-refractivity contribution in [2.45, 2.75) is 51.6 Å². The summed E-state index contributed by atoms with van der Waals surface area (Å²) in [7, 11) is -0.264. The molecule has 136 valence electrons.